The Morgan fingerprint density at radius 3 is 2.76 bits per heavy atom. The number of aryl methyl sites for hydroxylation is 1. The SMILES string of the molecule is CCc1ccc(C(=O)N2C[C@@H]3OCCN(Cc4ccccc4)[C@@H]3C2)o1. The minimum absolute atomic E-state index is 0.0302. The summed E-state index contributed by atoms with van der Waals surface area (Å²) < 4.78 is 11.6. The molecule has 2 fully saturated rings. The van der Waals surface area contributed by atoms with Crippen molar-refractivity contribution in [3.8, 4) is 0 Å². The molecule has 2 atom stereocenters. The van der Waals surface area contributed by atoms with Crippen molar-refractivity contribution in [1.82, 2.24) is 9.80 Å². The van der Waals surface area contributed by atoms with Crippen LogP contribution in [0.15, 0.2) is 46.9 Å². The number of hydrogen-bond acceptors (Lipinski definition) is 4. The lowest BCUT2D eigenvalue weighted by Gasteiger charge is -2.36. The Labute approximate surface area is 148 Å². The van der Waals surface area contributed by atoms with E-state index in [1.54, 1.807) is 6.07 Å². The number of ether oxygens (including phenoxy) is 1. The van der Waals surface area contributed by atoms with Crippen molar-refractivity contribution in [3.05, 3.63) is 59.5 Å². The van der Waals surface area contributed by atoms with Crippen LogP contribution in [-0.4, -0.2) is 54.1 Å². The summed E-state index contributed by atoms with van der Waals surface area (Å²) in [4.78, 5) is 17.1. The number of benzene rings is 1. The number of likely N-dealkylation sites (tertiary alicyclic amines) is 1. The van der Waals surface area contributed by atoms with Gasteiger partial charge in [0.15, 0.2) is 5.76 Å². The van der Waals surface area contributed by atoms with E-state index >= 15 is 0 Å². The fourth-order valence-electron chi connectivity index (χ4n) is 3.78. The molecule has 5 nitrogen and oxygen atoms in total. The first-order valence-corrected chi connectivity index (χ1v) is 9.02. The molecule has 2 aliphatic rings. The van der Waals surface area contributed by atoms with Crippen LogP contribution in [0.1, 0.15) is 28.8 Å². The molecule has 0 unspecified atom stereocenters. The van der Waals surface area contributed by atoms with Crippen LogP contribution in [0.4, 0.5) is 0 Å². The highest BCUT2D eigenvalue weighted by atomic mass is 16.5. The third kappa shape index (κ3) is 3.34. The quantitative estimate of drug-likeness (QED) is 0.858. The molecule has 0 N–H and O–H groups in total. The Bertz CT molecular complexity index is 728. The van der Waals surface area contributed by atoms with E-state index in [-0.39, 0.29) is 18.1 Å². The average molecular weight is 340 g/mol. The Morgan fingerprint density at radius 1 is 1.16 bits per heavy atom. The number of fused-ring (bicyclic) bond motifs is 1. The zero-order chi connectivity index (χ0) is 17.2. The van der Waals surface area contributed by atoms with E-state index in [1.807, 2.05) is 24.0 Å². The van der Waals surface area contributed by atoms with Crippen LogP contribution in [0.3, 0.4) is 0 Å². The number of amides is 1. The molecule has 1 amide bonds. The maximum absolute atomic E-state index is 12.7. The summed E-state index contributed by atoms with van der Waals surface area (Å²) in [5.41, 5.74) is 1.30. The highest BCUT2D eigenvalue weighted by molar-refractivity contribution is 5.91. The number of rotatable bonds is 4. The Kier molecular flexibility index (Phi) is 4.59. The number of hydrogen-bond donors (Lipinski definition) is 0. The Morgan fingerprint density at radius 2 is 2.00 bits per heavy atom. The topological polar surface area (TPSA) is 45.9 Å². The molecule has 0 spiro atoms. The summed E-state index contributed by atoms with van der Waals surface area (Å²) in [6.45, 7) is 5.87. The molecule has 3 heterocycles. The maximum atomic E-state index is 12.7. The van der Waals surface area contributed by atoms with Gasteiger partial charge in [-0.15, -0.1) is 0 Å². The van der Waals surface area contributed by atoms with E-state index < -0.39 is 0 Å². The predicted molar refractivity (Wildman–Crippen MR) is 94.4 cm³/mol. The average Bonchev–Trinajstić information content (AvgIpc) is 3.29. The fourth-order valence-corrected chi connectivity index (χ4v) is 3.78. The van der Waals surface area contributed by atoms with Crippen LogP contribution >= 0.6 is 0 Å². The van der Waals surface area contributed by atoms with Gasteiger partial charge in [0.1, 0.15) is 5.76 Å². The summed E-state index contributed by atoms with van der Waals surface area (Å²) in [5.74, 6) is 1.25. The summed E-state index contributed by atoms with van der Waals surface area (Å²) in [5, 5.41) is 0. The predicted octanol–water partition coefficient (Wildman–Crippen LogP) is 2.57. The number of carbonyl (C=O) groups excluding carboxylic acids is 1. The van der Waals surface area contributed by atoms with E-state index in [2.05, 4.69) is 29.2 Å². The number of nitrogens with zero attached hydrogens (tertiary/aromatic N) is 2. The van der Waals surface area contributed by atoms with Gasteiger partial charge in [0, 0.05) is 32.6 Å². The third-order valence-electron chi connectivity index (χ3n) is 5.15. The third-order valence-corrected chi connectivity index (χ3v) is 5.15. The van der Waals surface area contributed by atoms with Gasteiger partial charge >= 0.3 is 0 Å². The van der Waals surface area contributed by atoms with Crippen molar-refractivity contribution in [2.24, 2.45) is 0 Å². The van der Waals surface area contributed by atoms with Crippen LogP contribution in [0.2, 0.25) is 0 Å². The van der Waals surface area contributed by atoms with Crippen molar-refractivity contribution >= 4 is 5.91 Å². The number of furan rings is 1. The summed E-state index contributed by atoms with van der Waals surface area (Å²) in [6, 6.07) is 14.4. The molecule has 0 bridgehead atoms. The number of carbonyl (C=O) groups is 1. The minimum Gasteiger partial charge on any atom is -0.456 e. The first-order chi connectivity index (χ1) is 12.2. The molecule has 2 saturated heterocycles. The molecule has 0 aliphatic carbocycles. The smallest absolute Gasteiger partial charge is 0.289 e. The van der Waals surface area contributed by atoms with Crippen molar-refractivity contribution < 1.29 is 13.9 Å². The number of morpholine rings is 1. The first-order valence-electron chi connectivity index (χ1n) is 9.02. The van der Waals surface area contributed by atoms with Crippen LogP contribution in [0.5, 0.6) is 0 Å². The summed E-state index contributed by atoms with van der Waals surface area (Å²) in [6.07, 6.45) is 0.883. The lowest BCUT2D eigenvalue weighted by Crippen LogP contribution is -2.50. The zero-order valence-corrected chi connectivity index (χ0v) is 14.6. The molecular formula is C20H24N2O3. The van der Waals surface area contributed by atoms with Crippen LogP contribution in [0.25, 0.3) is 0 Å². The van der Waals surface area contributed by atoms with Gasteiger partial charge in [0.05, 0.1) is 18.8 Å². The first kappa shape index (κ1) is 16.4. The second-order valence-corrected chi connectivity index (χ2v) is 6.76. The molecular weight excluding hydrogens is 316 g/mol. The maximum Gasteiger partial charge on any atom is 0.289 e. The van der Waals surface area contributed by atoms with E-state index in [9.17, 15) is 4.79 Å². The molecule has 2 aliphatic heterocycles. The summed E-state index contributed by atoms with van der Waals surface area (Å²) >= 11 is 0. The van der Waals surface area contributed by atoms with Gasteiger partial charge in [-0.1, -0.05) is 37.3 Å². The molecule has 2 aromatic rings. The second-order valence-electron chi connectivity index (χ2n) is 6.76. The highest BCUT2D eigenvalue weighted by Crippen LogP contribution is 2.26. The monoisotopic (exact) mass is 340 g/mol. The van der Waals surface area contributed by atoms with Crippen molar-refractivity contribution in [2.45, 2.75) is 32.0 Å². The van der Waals surface area contributed by atoms with Crippen molar-refractivity contribution in [2.75, 3.05) is 26.2 Å². The molecule has 25 heavy (non-hydrogen) atoms. The minimum atomic E-state index is -0.0302. The normalized spacial score (nSPS) is 23.6. The van der Waals surface area contributed by atoms with Crippen molar-refractivity contribution in [1.29, 1.82) is 0 Å². The van der Waals surface area contributed by atoms with Gasteiger partial charge in [-0.2, -0.15) is 0 Å². The lowest BCUT2D eigenvalue weighted by atomic mass is 10.1. The molecule has 1 aromatic heterocycles. The van der Waals surface area contributed by atoms with E-state index in [1.165, 1.54) is 5.56 Å². The molecule has 0 saturated carbocycles. The molecule has 0 radical (unpaired) electrons. The molecule has 132 valence electrons. The Balaban J connectivity index is 1.46. The van der Waals surface area contributed by atoms with E-state index in [0.29, 0.717) is 18.8 Å². The summed E-state index contributed by atoms with van der Waals surface area (Å²) in [7, 11) is 0. The van der Waals surface area contributed by atoms with Crippen molar-refractivity contribution in [3.63, 3.8) is 0 Å². The van der Waals surface area contributed by atoms with Gasteiger partial charge in [-0.25, -0.2) is 0 Å². The molecule has 1 aromatic carbocycles. The van der Waals surface area contributed by atoms with Gasteiger partial charge in [-0.3, -0.25) is 9.69 Å². The van der Waals surface area contributed by atoms with E-state index in [4.69, 9.17) is 9.15 Å². The van der Waals surface area contributed by atoms with Crippen LogP contribution in [0, 0.1) is 0 Å². The highest BCUT2D eigenvalue weighted by Gasteiger charge is 2.42. The van der Waals surface area contributed by atoms with Gasteiger partial charge < -0.3 is 14.1 Å². The molecule has 5 heteroatoms. The lowest BCUT2D eigenvalue weighted by molar-refractivity contribution is -0.0503. The van der Waals surface area contributed by atoms with Crippen LogP contribution in [-0.2, 0) is 17.7 Å². The standard InChI is InChI=1S/C20H24N2O3/c1-2-16-8-9-18(25-16)20(23)22-13-17-19(14-22)24-11-10-21(17)12-15-6-4-3-5-7-15/h3-9,17,19H,2,10-14H2,1H3/t17-,19+/m1/s1. The second kappa shape index (κ2) is 7.02. The fraction of sp³-hybridized carbons (Fsp3) is 0.450. The van der Waals surface area contributed by atoms with Gasteiger partial charge in [-0.05, 0) is 17.7 Å². The van der Waals surface area contributed by atoms with Gasteiger partial charge in [0.2, 0.25) is 0 Å². The molecule has 4 rings (SSSR count). The van der Waals surface area contributed by atoms with E-state index in [0.717, 1.165) is 31.9 Å². The largest absolute Gasteiger partial charge is 0.456 e. The van der Waals surface area contributed by atoms with Crippen LogP contribution < -0.4 is 0 Å². The van der Waals surface area contributed by atoms with Gasteiger partial charge in [0.25, 0.3) is 5.91 Å². The zero-order valence-electron chi connectivity index (χ0n) is 14.6. The Hall–Kier alpha value is -2.11.